The van der Waals surface area contributed by atoms with Crippen molar-refractivity contribution in [1.29, 1.82) is 0 Å². The molecule has 0 aliphatic heterocycles. The Balaban J connectivity index is 1.81. The van der Waals surface area contributed by atoms with Gasteiger partial charge in [0.2, 0.25) is 0 Å². The van der Waals surface area contributed by atoms with Crippen molar-refractivity contribution in [2.45, 2.75) is 25.5 Å². The van der Waals surface area contributed by atoms with E-state index < -0.39 is 0 Å². The van der Waals surface area contributed by atoms with Gasteiger partial charge in [0.15, 0.2) is 0 Å². The number of methoxy groups -OCH3 is 1. The first kappa shape index (κ1) is 20.7. The lowest BCUT2D eigenvalue weighted by Gasteiger charge is -2.20. The maximum atomic E-state index is 6.08. The topological polar surface area (TPSA) is 42.5 Å². The largest absolute Gasteiger partial charge is 0.492 e. The summed E-state index contributed by atoms with van der Waals surface area (Å²) in [5, 5.41) is 7.35. The van der Waals surface area contributed by atoms with Gasteiger partial charge in [0, 0.05) is 31.3 Å². The molecule has 0 fully saturated rings. The Morgan fingerprint density at radius 2 is 1.88 bits per heavy atom. The van der Waals surface area contributed by atoms with Crippen LogP contribution in [0.15, 0.2) is 48.5 Å². The normalized spacial score (nSPS) is 13.4. The van der Waals surface area contributed by atoms with Crippen molar-refractivity contribution in [3.8, 4) is 5.75 Å². The van der Waals surface area contributed by atoms with Crippen LogP contribution in [0.3, 0.4) is 0 Å². The van der Waals surface area contributed by atoms with Gasteiger partial charge in [-0.05, 0) is 55.8 Å². The molecular formula is C21H29ClN2O2. The van der Waals surface area contributed by atoms with Crippen LogP contribution in [-0.4, -0.2) is 39.9 Å². The van der Waals surface area contributed by atoms with Gasteiger partial charge < -0.3 is 20.1 Å². The summed E-state index contributed by atoms with van der Waals surface area (Å²) in [7, 11) is 3.64. The van der Waals surface area contributed by atoms with Crippen molar-refractivity contribution in [2.24, 2.45) is 0 Å². The van der Waals surface area contributed by atoms with Gasteiger partial charge in [-0.25, -0.2) is 0 Å². The van der Waals surface area contributed by atoms with E-state index in [2.05, 4.69) is 29.7 Å². The minimum atomic E-state index is -0.0147. The van der Waals surface area contributed by atoms with Crippen LogP contribution < -0.4 is 15.4 Å². The second-order valence-electron chi connectivity index (χ2n) is 6.39. The molecule has 0 saturated carbocycles. The van der Waals surface area contributed by atoms with E-state index in [0.717, 1.165) is 35.8 Å². The Labute approximate surface area is 161 Å². The maximum Gasteiger partial charge on any atom is 0.119 e. The van der Waals surface area contributed by atoms with Gasteiger partial charge in [-0.1, -0.05) is 35.9 Å². The third-order valence-corrected chi connectivity index (χ3v) is 4.48. The Morgan fingerprint density at radius 1 is 1.12 bits per heavy atom. The molecule has 2 aromatic rings. The highest BCUT2D eigenvalue weighted by Gasteiger charge is 2.12. The van der Waals surface area contributed by atoms with Crippen molar-refractivity contribution in [2.75, 3.05) is 33.9 Å². The van der Waals surface area contributed by atoms with Crippen molar-refractivity contribution >= 4 is 11.6 Å². The first-order valence-electron chi connectivity index (χ1n) is 9.00. The van der Waals surface area contributed by atoms with Gasteiger partial charge in [0.1, 0.15) is 12.4 Å². The van der Waals surface area contributed by atoms with Crippen LogP contribution in [0, 0.1) is 0 Å². The smallest absolute Gasteiger partial charge is 0.119 e. The molecule has 0 heterocycles. The summed E-state index contributed by atoms with van der Waals surface area (Å²) >= 11 is 6.08. The van der Waals surface area contributed by atoms with Gasteiger partial charge in [0.25, 0.3) is 0 Å². The third kappa shape index (κ3) is 6.96. The van der Waals surface area contributed by atoms with E-state index in [-0.39, 0.29) is 6.10 Å². The molecule has 2 N–H and O–H groups in total. The number of hydrogen-bond acceptors (Lipinski definition) is 4. The summed E-state index contributed by atoms with van der Waals surface area (Å²) in [4.78, 5) is 0. The summed E-state index contributed by atoms with van der Waals surface area (Å²) in [5.74, 6) is 0.907. The molecule has 0 bridgehead atoms. The van der Waals surface area contributed by atoms with Gasteiger partial charge in [-0.2, -0.15) is 0 Å². The number of nitrogens with one attached hydrogen (secondary N) is 2. The molecule has 0 saturated heterocycles. The van der Waals surface area contributed by atoms with Crippen molar-refractivity contribution < 1.29 is 9.47 Å². The molecule has 0 unspecified atom stereocenters. The zero-order valence-electron chi connectivity index (χ0n) is 15.8. The van der Waals surface area contributed by atoms with Crippen LogP contribution >= 0.6 is 11.6 Å². The SMILES string of the molecule is CNCCOc1ccc(C[C@H](C)NC[C@H](OC)c2cccc(Cl)c2)cc1. The fraction of sp³-hybridized carbons (Fsp3) is 0.429. The fourth-order valence-electron chi connectivity index (χ4n) is 2.77. The molecule has 5 heteroatoms. The molecule has 0 amide bonds. The first-order chi connectivity index (χ1) is 12.6. The number of halogens is 1. The maximum absolute atomic E-state index is 6.08. The van der Waals surface area contributed by atoms with E-state index in [9.17, 15) is 0 Å². The molecule has 2 aromatic carbocycles. The summed E-state index contributed by atoms with van der Waals surface area (Å²) in [6, 6.07) is 16.5. The van der Waals surface area contributed by atoms with Crippen molar-refractivity contribution in [3.63, 3.8) is 0 Å². The molecule has 0 spiro atoms. The minimum Gasteiger partial charge on any atom is -0.492 e. The number of hydrogen-bond donors (Lipinski definition) is 2. The number of ether oxygens (including phenoxy) is 2. The second kappa shape index (κ2) is 11.2. The lowest BCUT2D eigenvalue weighted by Crippen LogP contribution is -2.32. The Hall–Kier alpha value is -1.59. The average Bonchev–Trinajstić information content (AvgIpc) is 2.64. The van der Waals surface area contributed by atoms with Crippen molar-refractivity contribution in [1.82, 2.24) is 10.6 Å². The van der Waals surface area contributed by atoms with Crippen LogP contribution in [0.4, 0.5) is 0 Å². The molecule has 142 valence electrons. The molecule has 0 radical (unpaired) electrons. The highest BCUT2D eigenvalue weighted by atomic mass is 35.5. The molecule has 26 heavy (non-hydrogen) atoms. The van der Waals surface area contributed by atoms with Crippen LogP contribution in [0.1, 0.15) is 24.2 Å². The molecule has 0 aliphatic rings. The predicted octanol–water partition coefficient (Wildman–Crippen LogP) is 3.85. The third-order valence-electron chi connectivity index (χ3n) is 4.24. The van der Waals surface area contributed by atoms with Crippen LogP contribution in [-0.2, 0) is 11.2 Å². The van der Waals surface area contributed by atoms with Gasteiger partial charge in [0.05, 0.1) is 6.10 Å². The summed E-state index contributed by atoms with van der Waals surface area (Å²) < 4.78 is 11.3. The van der Waals surface area contributed by atoms with E-state index in [4.69, 9.17) is 21.1 Å². The molecular weight excluding hydrogens is 348 g/mol. The standard InChI is InChI=1S/C21H29ClN2O2/c1-16(13-17-7-9-20(10-8-17)26-12-11-23-2)24-15-21(25-3)18-5-4-6-19(22)14-18/h4-10,14,16,21,23-24H,11-13,15H2,1-3H3/t16-,21-/m0/s1. The number of benzene rings is 2. The number of rotatable bonds is 11. The lowest BCUT2D eigenvalue weighted by atomic mass is 10.1. The number of likely N-dealkylation sites (N-methyl/N-ethyl adjacent to an activating group) is 1. The van der Waals surface area contributed by atoms with E-state index in [1.807, 2.05) is 43.4 Å². The Bertz CT molecular complexity index is 649. The van der Waals surface area contributed by atoms with Gasteiger partial charge >= 0.3 is 0 Å². The summed E-state index contributed by atoms with van der Waals surface area (Å²) in [6.45, 7) is 4.44. The van der Waals surface area contributed by atoms with E-state index in [0.29, 0.717) is 12.6 Å². The molecule has 2 atom stereocenters. The Morgan fingerprint density at radius 3 is 2.54 bits per heavy atom. The van der Waals surface area contributed by atoms with Crippen LogP contribution in [0.25, 0.3) is 0 Å². The van der Waals surface area contributed by atoms with E-state index in [1.54, 1.807) is 7.11 Å². The van der Waals surface area contributed by atoms with Crippen LogP contribution in [0.2, 0.25) is 5.02 Å². The Kier molecular flexibility index (Phi) is 8.92. The summed E-state index contributed by atoms with van der Waals surface area (Å²) in [5.41, 5.74) is 2.37. The minimum absolute atomic E-state index is 0.0147. The molecule has 0 aromatic heterocycles. The zero-order valence-corrected chi connectivity index (χ0v) is 16.6. The summed E-state index contributed by atoms with van der Waals surface area (Å²) in [6.07, 6.45) is 0.932. The average molecular weight is 377 g/mol. The molecule has 0 aliphatic carbocycles. The van der Waals surface area contributed by atoms with Gasteiger partial charge in [-0.3, -0.25) is 0 Å². The molecule has 4 nitrogen and oxygen atoms in total. The lowest BCUT2D eigenvalue weighted by molar-refractivity contribution is 0.0999. The van der Waals surface area contributed by atoms with Crippen molar-refractivity contribution in [3.05, 3.63) is 64.7 Å². The second-order valence-corrected chi connectivity index (χ2v) is 6.83. The highest BCUT2D eigenvalue weighted by Crippen LogP contribution is 2.20. The van der Waals surface area contributed by atoms with Gasteiger partial charge in [-0.15, -0.1) is 0 Å². The van der Waals surface area contributed by atoms with E-state index >= 15 is 0 Å². The monoisotopic (exact) mass is 376 g/mol. The van der Waals surface area contributed by atoms with Crippen LogP contribution in [0.5, 0.6) is 5.75 Å². The fourth-order valence-corrected chi connectivity index (χ4v) is 2.97. The quantitative estimate of drug-likeness (QED) is 0.584. The zero-order chi connectivity index (χ0) is 18.8. The van der Waals surface area contributed by atoms with E-state index in [1.165, 1.54) is 5.56 Å². The highest BCUT2D eigenvalue weighted by molar-refractivity contribution is 6.30. The predicted molar refractivity (Wildman–Crippen MR) is 108 cm³/mol. The first-order valence-corrected chi connectivity index (χ1v) is 9.38. The molecule has 2 rings (SSSR count).